The number of rotatable bonds is 6. The van der Waals surface area contributed by atoms with Crippen molar-refractivity contribution >= 4 is 29.7 Å². The highest BCUT2D eigenvalue weighted by Gasteiger charge is 2.15. The molecule has 0 aliphatic heterocycles. The number of benzene rings is 3. The van der Waals surface area contributed by atoms with Crippen molar-refractivity contribution in [3.63, 3.8) is 0 Å². The monoisotopic (exact) mass is 435 g/mol. The number of para-hydroxylation sites is 2. The summed E-state index contributed by atoms with van der Waals surface area (Å²) < 4.78 is 24.1. The molecular weight excluding hydrogens is 417 g/mol. The number of hydrazone groups is 1. The molecule has 0 saturated carbocycles. The second-order valence-electron chi connectivity index (χ2n) is 6.29. The van der Waals surface area contributed by atoms with Crippen LogP contribution in [0.5, 0.6) is 11.5 Å². The summed E-state index contributed by atoms with van der Waals surface area (Å²) >= 11 is 0. The van der Waals surface area contributed by atoms with Gasteiger partial charge in [-0.15, -0.1) is 0 Å². The van der Waals surface area contributed by atoms with Crippen molar-refractivity contribution in [3.8, 4) is 11.5 Å². The van der Waals surface area contributed by atoms with Gasteiger partial charge in [0.15, 0.2) is 0 Å². The Kier molecular flexibility index (Phi) is 7.26. The maximum atomic E-state index is 13.6. The molecule has 0 fully saturated rings. The van der Waals surface area contributed by atoms with Crippen LogP contribution in [0.3, 0.4) is 0 Å². The van der Waals surface area contributed by atoms with Gasteiger partial charge < -0.3 is 14.8 Å². The molecule has 0 heterocycles. The first-order chi connectivity index (χ1) is 15.5. The Hall–Kier alpha value is -4.53. The van der Waals surface area contributed by atoms with Crippen LogP contribution >= 0.6 is 0 Å². The highest BCUT2D eigenvalue weighted by Crippen LogP contribution is 2.19. The summed E-state index contributed by atoms with van der Waals surface area (Å²) in [7, 11) is 1.49. The summed E-state index contributed by atoms with van der Waals surface area (Å²) in [6.07, 6.45) is 1.21. The molecule has 0 spiro atoms. The number of amides is 2. The third-order valence-corrected chi connectivity index (χ3v) is 4.13. The quantitative estimate of drug-likeness (QED) is 0.203. The minimum absolute atomic E-state index is 0.133. The van der Waals surface area contributed by atoms with Gasteiger partial charge in [0.1, 0.15) is 17.3 Å². The number of nitrogens with zero attached hydrogens (tertiary/aromatic N) is 1. The second-order valence-corrected chi connectivity index (χ2v) is 6.29. The molecule has 0 saturated heterocycles. The maximum Gasteiger partial charge on any atom is 0.343 e. The van der Waals surface area contributed by atoms with E-state index >= 15 is 0 Å². The first kappa shape index (κ1) is 22.2. The van der Waals surface area contributed by atoms with Crippen LogP contribution < -0.4 is 20.2 Å². The summed E-state index contributed by atoms with van der Waals surface area (Å²) in [5.41, 5.74) is 2.56. The Bertz CT molecular complexity index is 1180. The fourth-order valence-electron chi connectivity index (χ4n) is 2.54. The summed E-state index contributed by atoms with van der Waals surface area (Å²) in [6, 6.07) is 18.4. The van der Waals surface area contributed by atoms with Crippen LogP contribution in [-0.2, 0) is 9.59 Å². The summed E-state index contributed by atoms with van der Waals surface area (Å²) in [4.78, 5) is 36.2. The average Bonchev–Trinajstić information content (AvgIpc) is 2.81. The largest absolute Gasteiger partial charge is 0.497 e. The number of hydrogen-bond acceptors (Lipinski definition) is 6. The molecule has 8 nitrogen and oxygen atoms in total. The normalized spacial score (nSPS) is 10.4. The molecule has 0 atom stereocenters. The molecule has 0 aliphatic carbocycles. The molecule has 0 bridgehead atoms. The van der Waals surface area contributed by atoms with Gasteiger partial charge in [-0.2, -0.15) is 5.10 Å². The van der Waals surface area contributed by atoms with Crippen LogP contribution in [-0.4, -0.2) is 31.1 Å². The molecule has 3 aromatic carbocycles. The summed E-state index contributed by atoms with van der Waals surface area (Å²) in [6.45, 7) is 0. The van der Waals surface area contributed by atoms with Crippen molar-refractivity contribution in [2.24, 2.45) is 5.10 Å². The molecule has 0 aliphatic rings. The highest BCUT2D eigenvalue weighted by molar-refractivity contribution is 6.39. The van der Waals surface area contributed by atoms with E-state index in [2.05, 4.69) is 10.4 Å². The van der Waals surface area contributed by atoms with E-state index in [0.29, 0.717) is 11.3 Å². The molecule has 0 radical (unpaired) electrons. The molecule has 3 aromatic rings. The van der Waals surface area contributed by atoms with E-state index in [1.165, 1.54) is 37.6 Å². The minimum atomic E-state index is -1.10. The molecule has 2 amide bonds. The van der Waals surface area contributed by atoms with E-state index in [9.17, 15) is 18.8 Å². The topological polar surface area (TPSA) is 106 Å². The summed E-state index contributed by atoms with van der Waals surface area (Å²) in [5.74, 6) is -2.79. The fraction of sp³-hybridized carbons (Fsp3) is 0.0435. The predicted octanol–water partition coefficient (Wildman–Crippen LogP) is 3.14. The van der Waals surface area contributed by atoms with Crippen molar-refractivity contribution < 1.29 is 28.2 Å². The first-order valence-electron chi connectivity index (χ1n) is 9.32. The molecule has 3 rings (SSSR count). The lowest BCUT2D eigenvalue weighted by atomic mass is 10.2. The van der Waals surface area contributed by atoms with Crippen LogP contribution in [0, 0.1) is 5.82 Å². The Balaban J connectivity index is 1.64. The van der Waals surface area contributed by atoms with E-state index in [-0.39, 0.29) is 17.0 Å². The van der Waals surface area contributed by atoms with Gasteiger partial charge in [0, 0.05) is 5.56 Å². The third kappa shape index (κ3) is 5.76. The van der Waals surface area contributed by atoms with E-state index in [1.54, 1.807) is 42.5 Å². The number of carbonyl (C=O) groups excluding carboxylic acids is 3. The lowest BCUT2D eigenvalue weighted by Crippen LogP contribution is -2.32. The van der Waals surface area contributed by atoms with E-state index in [4.69, 9.17) is 9.47 Å². The van der Waals surface area contributed by atoms with Crippen LogP contribution in [0.2, 0.25) is 0 Å². The Morgan fingerprint density at radius 3 is 2.47 bits per heavy atom. The van der Waals surface area contributed by atoms with Crippen LogP contribution in [0.4, 0.5) is 10.1 Å². The number of nitrogens with one attached hydrogen (secondary N) is 2. The van der Waals surface area contributed by atoms with Gasteiger partial charge in [0.2, 0.25) is 0 Å². The van der Waals surface area contributed by atoms with Crippen molar-refractivity contribution in [2.45, 2.75) is 0 Å². The van der Waals surface area contributed by atoms with Crippen molar-refractivity contribution in [1.82, 2.24) is 5.43 Å². The summed E-state index contributed by atoms with van der Waals surface area (Å²) in [5, 5.41) is 5.85. The van der Waals surface area contributed by atoms with Crippen LogP contribution in [0.25, 0.3) is 0 Å². The number of halogens is 1. The molecule has 162 valence electrons. The van der Waals surface area contributed by atoms with Crippen molar-refractivity contribution in [1.29, 1.82) is 0 Å². The number of esters is 1. The lowest BCUT2D eigenvalue weighted by Gasteiger charge is -2.08. The van der Waals surface area contributed by atoms with Crippen LogP contribution in [0.15, 0.2) is 77.9 Å². The number of methoxy groups -OCH3 is 1. The number of anilines is 1. The van der Waals surface area contributed by atoms with Gasteiger partial charge in [-0.3, -0.25) is 9.59 Å². The SMILES string of the molecule is COc1cccc(C(=O)Oc2ccccc2/C=N/NC(=O)C(=O)Nc2ccccc2F)c1. The Labute approximate surface area is 182 Å². The third-order valence-electron chi connectivity index (χ3n) is 4.13. The van der Waals surface area contributed by atoms with Gasteiger partial charge in [-0.05, 0) is 42.5 Å². The van der Waals surface area contributed by atoms with Gasteiger partial charge in [0.25, 0.3) is 0 Å². The molecular formula is C23H18FN3O5. The lowest BCUT2D eigenvalue weighted by molar-refractivity contribution is -0.136. The average molecular weight is 435 g/mol. The number of carbonyl (C=O) groups is 3. The number of hydrogen-bond donors (Lipinski definition) is 2. The zero-order valence-corrected chi connectivity index (χ0v) is 16.9. The van der Waals surface area contributed by atoms with Crippen LogP contribution in [0.1, 0.15) is 15.9 Å². The second kappa shape index (κ2) is 10.5. The smallest absolute Gasteiger partial charge is 0.343 e. The molecule has 32 heavy (non-hydrogen) atoms. The minimum Gasteiger partial charge on any atom is -0.497 e. The molecule has 0 unspecified atom stereocenters. The molecule has 0 aromatic heterocycles. The van der Waals surface area contributed by atoms with Crippen molar-refractivity contribution in [3.05, 3.63) is 89.7 Å². The predicted molar refractivity (Wildman–Crippen MR) is 115 cm³/mol. The van der Waals surface area contributed by atoms with E-state index < -0.39 is 23.6 Å². The van der Waals surface area contributed by atoms with Gasteiger partial charge in [-0.25, -0.2) is 14.6 Å². The molecule has 2 N–H and O–H groups in total. The number of ether oxygens (including phenoxy) is 2. The van der Waals surface area contributed by atoms with E-state index in [0.717, 1.165) is 6.07 Å². The molecule has 9 heteroatoms. The van der Waals surface area contributed by atoms with E-state index in [1.807, 2.05) is 5.43 Å². The Morgan fingerprint density at radius 2 is 1.69 bits per heavy atom. The zero-order chi connectivity index (χ0) is 22.9. The zero-order valence-electron chi connectivity index (χ0n) is 16.9. The standard InChI is InChI=1S/C23H18FN3O5/c1-31-17-9-6-8-15(13-17)23(30)32-20-12-5-2-7-16(20)14-25-27-22(29)21(28)26-19-11-4-3-10-18(19)24/h2-14H,1H3,(H,26,28)(H,27,29)/b25-14+. The van der Waals surface area contributed by atoms with Gasteiger partial charge in [-0.1, -0.05) is 30.3 Å². The maximum absolute atomic E-state index is 13.6. The Morgan fingerprint density at radius 1 is 0.938 bits per heavy atom. The fourth-order valence-corrected chi connectivity index (χ4v) is 2.54. The van der Waals surface area contributed by atoms with Gasteiger partial charge in [0.05, 0.1) is 24.6 Å². The van der Waals surface area contributed by atoms with Crippen molar-refractivity contribution in [2.75, 3.05) is 12.4 Å². The first-order valence-corrected chi connectivity index (χ1v) is 9.32. The highest BCUT2D eigenvalue weighted by atomic mass is 19.1. The van der Waals surface area contributed by atoms with Gasteiger partial charge >= 0.3 is 17.8 Å².